The number of phenolic OH excluding ortho intramolecular Hbond substituents is 8. The van der Waals surface area contributed by atoms with Crippen LogP contribution in [0, 0.1) is 13.8 Å². The van der Waals surface area contributed by atoms with Crippen molar-refractivity contribution in [3.05, 3.63) is 94.0 Å². The molecule has 11 heteroatoms. The fourth-order valence-electron chi connectivity index (χ4n) is 7.05. The summed E-state index contributed by atoms with van der Waals surface area (Å²) in [4.78, 5) is 8.83. The Hall–Kier alpha value is -6.46. The van der Waals surface area contributed by atoms with Crippen LogP contribution in [0.15, 0.2) is 70.6 Å². The molecule has 6 aromatic rings. The molecule has 0 spiro atoms. The van der Waals surface area contributed by atoms with Crippen LogP contribution in [0.2, 0.25) is 0 Å². The number of aliphatic hydroxyl groups is 1. The van der Waals surface area contributed by atoms with E-state index in [-0.39, 0.29) is 86.0 Å². The molecule has 0 radical (unpaired) electrons. The third-order valence-corrected chi connectivity index (χ3v) is 9.33. The third kappa shape index (κ3) is 7.39. The first-order valence-electron chi connectivity index (χ1n) is 17.8. The van der Waals surface area contributed by atoms with Crippen molar-refractivity contribution < 1.29 is 46.0 Å². The van der Waals surface area contributed by atoms with Crippen LogP contribution in [-0.2, 0) is 0 Å². The predicted octanol–water partition coefficient (Wildman–Crippen LogP) is 9.67. The highest BCUT2D eigenvalue weighted by atomic mass is 16.3. The Morgan fingerprint density at radius 3 is 1.18 bits per heavy atom. The highest BCUT2D eigenvalue weighted by Crippen LogP contribution is 2.54. The molecule has 0 saturated heterocycles. The highest BCUT2D eigenvalue weighted by molar-refractivity contribution is 6.15. The molecule has 0 aliphatic heterocycles. The second-order valence-electron chi connectivity index (χ2n) is 13.9. The molecule has 0 fully saturated rings. The summed E-state index contributed by atoms with van der Waals surface area (Å²) in [5.41, 5.74) is 3.08. The van der Waals surface area contributed by atoms with Crippen molar-refractivity contribution in [2.45, 2.75) is 60.3 Å². The molecule has 0 saturated carbocycles. The van der Waals surface area contributed by atoms with Crippen LogP contribution in [-0.4, -0.2) is 65.0 Å². The van der Waals surface area contributed by atoms with Crippen LogP contribution >= 0.6 is 0 Å². The average molecular weight is 747 g/mol. The van der Waals surface area contributed by atoms with Gasteiger partial charge in [0.05, 0.1) is 22.5 Å². The van der Waals surface area contributed by atoms with Crippen molar-refractivity contribution in [2.75, 3.05) is 6.61 Å². The minimum absolute atomic E-state index is 0.0144. The molecule has 0 aliphatic rings. The van der Waals surface area contributed by atoms with E-state index in [0.717, 1.165) is 0 Å². The molecule has 286 valence electrons. The maximum Gasteiger partial charge on any atom is 0.167 e. The summed E-state index contributed by atoms with van der Waals surface area (Å²) in [7, 11) is 0. The van der Waals surface area contributed by atoms with Crippen LogP contribution < -0.4 is 0 Å². The number of aryl methyl sites for hydroxylation is 2. The average Bonchev–Trinajstić information content (AvgIpc) is 3.10. The van der Waals surface area contributed by atoms with Crippen molar-refractivity contribution in [3.8, 4) is 57.1 Å². The Labute approximate surface area is 318 Å². The Kier molecular flexibility index (Phi) is 11.5. The van der Waals surface area contributed by atoms with Gasteiger partial charge in [0.25, 0.3) is 0 Å². The van der Waals surface area contributed by atoms with Gasteiger partial charge in [-0.1, -0.05) is 52.0 Å². The molecule has 11 nitrogen and oxygen atoms in total. The Morgan fingerprint density at radius 2 is 0.873 bits per heavy atom. The van der Waals surface area contributed by atoms with Gasteiger partial charge in [-0.05, 0) is 78.8 Å². The van der Waals surface area contributed by atoms with Crippen LogP contribution in [0.3, 0.4) is 0 Å². The maximum absolute atomic E-state index is 12.3. The normalized spacial score (nSPS) is 11.7. The quantitative estimate of drug-likeness (QED) is 0.0562. The minimum atomic E-state index is -0.503. The van der Waals surface area contributed by atoms with Gasteiger partial charge in [-0.3, -0.25) is 9.98 Å². The Morgan fingerprint density at radius 1 is 0.527 bits per heavy atom. The van der Waals surface area contributed by atoms with E-state index in [1.165, 1.54) is 36.7 Å². The first kappa shape index (κ1) is 39.7. The van der Waals surface area contributed by atoms with Crippen LogP contribution in [0.1, 0.15) is 79.8 Å². The van der Waals surface area contributed by atoms with E-state index in [0.29, 0.717) is 44.4 Å². The van der Waals surface area contributed by atoms with Crippen molar-refractivity contribution >= 4 is 45.3 Å². The first-order valence-corrected chi connectivity index (χ1v) is 17.8. The molecule has 0 unspecified atom stereocenters. The molecular formula is C44H46N2O9. The third-order valence-electron chi connectivity index (χ3n) is 9.33. The summed E-state index contributed by atoms with van der Waals surface area (Å²) in [6.45, 7) is 12.8. The summed E-state index contributed by atoms with van der Waals surface area (Å²) < 4.78 is 0. The number of hydrogen-bond acceptors (Lipinski definition) is 11. The van der Waals surface area contributed by atoms with Crippen LogP contribution in [0.25, 0.3) is 32.7 Å². The zero-order valence-electron chi connectivity index (χ0n) is 31.7. The number of fused-ring (bicyclic) bond motifs is 2. The fourth-order valence-corrected chi connectivity index (χ4v) is 7.05. The van der Waals surface area contributed by atoms with E-state index in [9.17, 15) is 40.9 Å². The molecular weight excluding hydrogens is 700 g/mol. The molecule has 9 N–H and O–H groups in total. The molecule has 0 amide bonds. The number of phenols is 8. The van der Waals surface area contributed by atoms with E-state index < -0.39 is 11.5 Å². The fraction of sp³-hybridized carbons (Fsp3) is 0.227. The van der Waals surface area contributed by atoms with Crippen molar-refractivity contribution in [1.82, 2.24) is 0 Å². The number of benzene rings is 6. The zero-order valence-corrected chi connectivity index (χ0v) is 31.7. The van der Waals surface area contributed by atoms with Gasteiger partial charge < -0.3 is 46.0 Å². The van der Waals surface area contributed by atoms with Gasteiger partial charge in [-0.25, -0.2) is 0 Å². The smallest absolute Gasteiger partial charge is 0.167 e. The summed E-state index contributed by atoms with van der Waals surface area (Å²) in [6, 6.07) is 15.9. The molecule has 0 bridgehead atoms. The number of aliphatic hydroxyl groups excluding tert-OH is 1. The standard InChI is InChI=1S/C42H40N2O8.C2H6O/c1-19(2)31-27-13-21(5)33(39(49)35(27)29(37(47)41(31)51)17-43-23-9-7-11-25(45)15-23)34-22(6)14-28-32(20(3)4)42(52)38(48)30(36(28)40(34)50)18-44-24-10-8-12-26(46)16-24;1-2-3/h7-20,45-52H,1-6H3;3H,2H2,1H3. The summed E-state index contributed by atoms with van der Waals surface area (Å²) in [5.74, 6) is -2.91. The lowest BCUT2D eigenvalue weighted by Gasteiger charge is -2.23. The maximum atomic E-state index is 12.3. The van der Waals surface area contributed by atoms with Gasteiger partial charge >= 0.3 is 0 Å². The number of hydrogen-bond donors (Lipinski definition) is 9. The van der Waals surface area contributed by atoms with E-state index in [1.807, 2.05) is 27.7 Å². The van der Waals surface area contributed by atoms with Gasteiger partial charge in [-0.2, -0.15) is 0 Å². The van der Waals surface area contributed by atoms with Crippen molar-refractivity contribution in [1.29, 1.82) is 0 Å². The highest BCUT2D eigenvalue weighted by Gasteiger charge is 2.29. The molecule has 6 aromatic carbocycles. The molecule has 0 aliphatic carbocycles. The first-order chi connectivity index (χ1) is 26.0. The predicted molar refractivity (Wildman–Crippen MR) is 218 cm³/mol. The minimum Gasteiger partial charge on any atom is -0.508 e. The topological polar surface area (TPSA) is 207 Å². The summed E-state index contributed by atoms with van der Waals surface area (Å²) in [6.07, 6.45) is 2.60. The largest absolute Gasteiger partial charge is 0.508 e. The van der Waals surface area contributed by atoms with Gasteiger partial charge in [-0.15, -0.1) is 0 Å². The number of aromatic hydroxyl groups is 8. The lowest BCUT2D eigenvalue weighted by Crippen LogP contribution is -2.01. The van der Waals surface area contributed by atoms with E-state index in [1.54, 1.807) is 57.2 Å². The molecule has 55 heavy (non-hydrogen) atoms. The van der Waals surface area contributed by atoms with E-state index in [2.05, 4.69) is 9.98 Å². The number of aliphatic imine (C=N–C) groups is 2. The van der Waals surface area contributed by atoms with Crippen LogP contribution in [0.5, 0.6) is 46.0 Å². The van der Waals surface area contributed by atoms with Gasteiger partial charge in [0, 0.05) is 64.2 Å². The Bertz CT molecular complexity index is 2330. The lowest BCUT2D eigenvalue weighted by molar-refractivity contribution is 0.318. The van der Waals surface area contributed by atoms with Gasteiger partial charge in [0.2, 0.25) is 0 Å². The Balaban J connectivity index is 0.00000187. The lowest BCUT2D eigenvalue weighted by atomic mass is 9.83. The van der Waals surface area contributed by atoms with E-state index in [4.69, 9.17) is 5.11 Å². The van der Waals surface area contributed by atoms with Crippen molar-refractivity contribution in [3.63, 3.8) is 0 Å². The van der Waals surface area contributed by atoms with E-state index >= 15 is 0 Å². The summed E-state index contributed by atoms with van der Waals surface area (Å²) in [5, 5.41) is 98.5. The molecule has 0 atom stereocenters. The van der Waals surface area contributed by atoms with Crippen molar-refractivity contribution in [2.24, 2.45) is 9.98 Å². The van der Waals surface area contributed by atoms with Gasteiger partial charge in [0.1, 0.15) is 23.0 Å². The summed E-state index contributed by atoms with van der Waals surface area (Å²) >= 11 is 0. The SMILES string of the molecule is CCO.Cc1cc2c(C(C)C)c(O)c(O)c(C=Nc3cccc(O)c3)c2c(O)c1-c1c(C)cc2c(C(C)C)c(O)c(O)c(C=Nc3cccc(O)c3)c2c1O. The second kappa shape index (κ2) is 15.9. The molecule has 6 rings (SSSR count). The van der Waals surface area contributed by atoms with Gasteiger partial charge in [0.15, 0.2) is 23.0 Å². The number of nitrogens with zero attached hydrogens (tertiary/aromatic N) is 2. The monoisotopic (exact) mass is 746 g/mol. The van der Waals surface area contributed by atoms with Crippen LogP contribution in [0.4, 0.5) is 11.4 Å². The zero-order chi connectivity index (χ0) is 40.5. The molecule has 0 heterocycles. The second-order valence-corrected chi connectivity index (χ2v) is 13.9. The molecule has 0 aromatic heterocycles. The number of rotatable bonds is 7.